The van der Waals surface area contributed by atoms with Crippen LogP contribution in [-0.4, -0.2) is 39.3 Å². The molecule has 118 valence electrons. The van der Waals surface area contributed by atoms with Gasteiger partial charge >= 0.3 is 0 Å². The summed E-state index contributed by atoms with van der Waals surface area (Å²) < 4.78 is 12.1. The lowest BCUT2D eigenvalue weighted by Crippen LogP contribution is -2.61. The highest BCUT2D eigenvalue weighted by Crippen LogP contribution is 2.39. The predicted octanol–water partition coefficient (Wildman–Crippen LogP) is 2.30. The Kier molecular flexibility index (Phi) is 3.39. The summed E-state index contributed by atoms with van der Waals surface area (Å²) in [6.07, 6.45) is 1.80. The van der Waals surface area contributed by atoms with Gasteiger partial charge in [0.1, 0.15) is 5.60 Å². The Balaban J connectivity index is 1.54. The molecule has 3 heterocycles. The molecule has 4 rings (SSSR count). The van der Waals surface area contributed by atoms with Crippen LogP contribution in [0, 0.1) is 0 Å². The van der Waals surface area contributed by atoms with Crippen LogP contribution < -0.4 is 4.90 Å². The van der Waals surface area contributed by atoms with Crippen LogP contribution in [-0.2, 0) is 17.4 Å². The molecule has 1 aromatic carbocycles. The van der Waals surface area contributed by atoms with E-state index in [1.807, 2.05) is 48.1 Å². The second-order valence-corrected chi connectivity index (χ2v) is 6.39. The minimum atomic E-state index is -0.316. The van der Waals surface area contributed by atoms with E-state index in [0.29, 0.717) is 0 Å². The molecular weight excluding hydrogens is 310 g/mol. The third-order valence-corrected chi connectivity index (χ3v) is 5.07. The Morgan fingerprint density at radius 2 is 1.96 bits per heavy atom. The first-order valence-corrected chi connectivity index (χ1v) is 8.17. The summed E-state index contributed by atoms with van der Waals surface area (Å²) in [4.78, 5) is 6.86. The zero-order chi connectivity index (χ0) is 15.9. The number of anilines is 1. The molecule has 0 atom stereocenters. The van der Waals surface area contributed by atoms with Gasteiger partial charge in [0.25, 0.3) is 0 Å². The predicted molar refractivity (Wildman–Crippen MR) is 89.5 cm³/mol. The van der Waals surface area contributed by atoms with Gasteiger partial charge in [0.05, 0.1) is 18.8 Å². The molecule has 1 aliphatic rings. The van der Waals surface area contributed by atoms with E-state index in [2.05, 4.69) is 19.4 Å². The van der Waals surface area contributed by atoms with Crippen molar-refractivity contribution in [2.75, 3.05) is 25.1 Å². The second-order valence-electron chi connectivity index (χ2n) is 5.66. The second kappa shape index (κ2) is 5.43. The molecule has 3 aromatic rings. The largest absolute Gasteiger partial charge is 0.368 e. The van der Waals surface area contributed by atoms with Gasteiger partial charge in [-0.05, 0) is 6.07 Å². The maximum atomic E-state index is 5.80. The van der Waals surface area contributed by atoms with Crippen LogP contribution in [0.5, 0.6) is 0 Å². The van der Waals surface area contributed by atoms with Gasteiger partial charge in [-0.3, -0.25) is 4.68 Å². The van der Waals surface area contributed by atoms with Gasteiger partial charge in [0.15, 0.2) is 5.82 Å². The molecule has 0 radical (unpaired) electrons. The number of ether oxygens (including phenoxy) is 1. The SMILES string of the molecule is COC1(c2ccnn2C)CN(c2nc(-c3ccccc3)ns2)C1. The van der Waals surface area contributed by atoms with Gasteiger partial charge in [0, 0.05) is 37.5 Å². The molecule has 1 fully saturated rings. The van der Waals surface area contributed by atoms with Crippen LogP contribution in [0.25, 0.3) is 11.4 Å². The molecule has 0 amide bonds. The van der Waals surface area contributed by atoms with Gasteiger partial charge in [-0.1, -0.05) is 30.3 Å². The minimum absolute atomic E-state index is 0.316. The molecule has 0 bridgehead atoms. The zero-order valence-electron chi connectivity index (χ0n) is 13.0. The average Bonchev–Trinajstić information content (AvgIpc) is 3.18. The Bertz CT molecular complexity index is 807. The normalized spacial score (nSPS) is 16.3. The monoisotopic (exact) mass is 327 g/mol. The van der Waals surface area contributed by atoms with Crippen molar-refractivity contribution >= 4 is 16.7 Å². The fourth-order valence-electron chi connectivity index (χ4n) is 2.97. The van der Waals surface area contributed by atoms with E-state index in [4.69, 9.17) is 4.74 Å². The van der Waals surface area contributed by atoms with Crippen molar-refractivity contribution in [1.29, 1.82) is 0 Å². The van der Waals surface area contributed by atoms with Crippen LogP contribution >= 0.6 is 11.5 Å². The molecule has 0 unspecified atom stereocenters. The van der Waals surface area contributed by atoms with E-state index in [1.165, 1.54) is 11.5 Å². The lowest BCUT2D eigenvalue weighted by Gasteiger charge is -2.48. The first-order valence-electron chi connectivity index (χ1n) is 7.39. The van der Waals surface area contributed by atoms with Crippen molar-refractivity contribution in [3.63, 3.8) is 0 Å². The fourth-order valence-corrected chi connectivity index (χ4v) is 3.66. The number of aryl methyl sites for hydroxylation is 1. The lowest BCUT2D eigenvalue weighted by molar-refractivity contribution is -0.0444. The number of methoxy groups -OCH3 is 1. The number of rotatable bonds is 4. The molecule has 0 saturated carbocycles. The molecular formula is C16H17N5OS. The third kappa shape index (κ3) is 2.32. The smallest absolute Gasteiger partial charge is 0.205 e. The summed E-state index contributed by atoms with van der Waals surface area (Å²) in [5, 5.41) is 5.18. The molecule has 1 aliphatic heterocycles. The standard InChI is InChI=1S/C16H17N5OS/c1-20-13(8-9-17-20)16(22-2)10-21(11-16)15-18-14(19-23-15)12-6-4-3-5-7-12/h3-9H,10-11H2,1-2H3. The zero-order valence-corrected chi connectivity index (χ0v) is 13.8. The third-order valence-electron chi connectivity index (χ3n) is 4.29. The maximum Gasteiger partial charge on any atom is 0.205 e. The molecule has 2 aromatic heterocycles. The van der Waals surface area contributed by atoms with Crippen molar-refractivity contribution in [1.82, 2.24) is 19.1 Å². The quantitative estimate of drug-likeness (QED) is 0.736. The van der Waals surface area contributed by atoms with E-state index < -0.39 is 0 Å². The van der Waals surface area contributed by atoms with Crippen molar-refractivity contribution in [2.24, 2.45) is 7.05 Å². The topological polar surface area (TPSA) is 56.1 Å². The molecule has 0 aliphatic carbocycles. The van der Waals surface area contributed by atoms with Gasteiger partial charge < -0.3 is 9.64 Å². The Hall–Kier alpha value is -2.25. The molecule has 0 spiro atoms. The summed E-state index contributed by atoms with van der Waals surface area (Å²) >= 11 is 1.43. The maximum absolute atomic E-state index is 5.80. The van der Waals surface area contributed by atoms with Crippen molar-refractivity contribution in [3.8, 4) is 11.4 Å². The lowest BCUT2D eigenvalue weighted by atomic mass is 9.90. The summed E-state index contributed by atoms with van der Waals surface area (Å²) in [5.41, 5.74) is 1.81. The Morgan fingerprint density at radius 3 is 2.61 bits per heavy atom. The summed E-state index contributed by atoms with van der Waals surface area (Å²) in [7, 11) is 3.69. The molecule has 23 heavy (non-hydrogen) atoms. The van der Waals surface area contributed by atoms with E-state index in [9.17, 15) is 0 Å². The Morgan fingerprint density at radius 1 is 1.17 bits per heavy atom. The molecule has 1 saturated heterocycles. The molecule has 6 nitrogen and oxygen atoms in total. The summed E-state index contributed by atoms with van der Waals surface area (Å²) in [6.45, 7) is 1.51. The minimum Gasteiger partial charge on any atom is -0.368 e. The average molecular weight is 327 g/mol. The van der Waals surface area contributed by atoms with Crippen molar-refractivity contribution in [3.05, 3.63) is 48.3 Å². The van der Waals surface area contributed by atoms with Crippen LogP contribution in [0.2, 0.25) is 0 Å². The number of aromatic nitrogens is 4. The highest BCUT2D eigenvalue weighted by molar-refractivity contribution is 7.09. The Labute approximate surface area is 138 Å². The van der Waals surface area contributed by atoms with Crippen LogP contribution in [0.1, 0.15) is 5.69 Å². The van der Waals surface area contributed by atoms with Gasteiger partial charge in [-0.2, -0.15) is 14.5 Å². The summed E-state index contributed by atoms with van der Waals surface area (Å²) in [6, 6.07) is 12.0. The summed E-state index contributed by atoms with van der Waals surface area (Å²) in [5.74, 6) is 0.779. The number of nitrogens with zero attached hydrogens (tertiary/aromatic N) is 5. The molecule has 0 N–H and O–H groups in total. The van der Waals surface area contributed by atoms with Crippen molar-refractivity contribution in [2.45, 2.75) is 5.60 Å². The van der Waals surface area contributed by atoms with E-state index in [0.717, 1.165) is 35.3 Å². The van der Waals surface area contributed by atoms with E-state index >= 15 is 0 Å². The van der Waals surface area contributed by atoms with Crippen LogP contribution in [0.15, 0.2) is 42.6 Å². The van der Waals surface area contributed by atoms with Crippen molar-refractivity contribution < 1.29 is 4.74 Å². The first kappa shape index (κ1) is 14.3. The first-order chi connectivity index (χ1) is 11.2. The van der Waals surface area contributed by atoms with Gasteiger partial charge in [0.2, 0.25) is 5.13 Å². The number of hydrogen-bond donors (Lipinski definition) is 0. The fraction of sp³-hybridized carbons (Fsp3) is 0.312. The van der Waals surface area contributed by atoms with E-state index in [-0.39, 0.29) is 5.60 Å². The highest BCUT2D eigenvalue weighted by Gasteiger charge is 2.48. The van der Waals surface area contributed by atoms with Crippen LogP contribution in [0.4, 0.5) is 5.13 Å². The van der Waals surface area contributed by atoms with Crippen LogP contribution in [0.3, 0.4) is 0 Å². The van der Waals surface area contributed by atoms with E-state index in [1.54, 1.807) is 13.3 Å². The number of benzene rings is 1. The van der Waals surface area contributed by atoms with Gasteiger partial charge in [-0.25, -0.2) is 0 Å². The number of hydrogen-bond acceptors (Lipinski definition) is 6. The van der Waals surface area contributed by atoms with Gasteiger partial charge in [-0.15, -0.1) is 0 Å². The molecule has 7 heteroatoms. The highest BCUT2D eigenvalue weighted by atomic mass is 32.1.